The summed E-state index contributed by atoms with van der Waals surface area (Å²) in [5.74, 6) is -0.293. The summed E-state index contributed by atoms with van der Waals surface area (Å²) < 4.78 is 27.6. The van der Waals surface area contributed by atoms with E-state index in [-0.39, 0.29) is 23.3 Å². The van der Waals surface area contributed by atoms with Crippen LogP contribution in [0.1, 0.15) is 47.1 Å². The van der Waals surface area contributed by atoms with Gasteiger partial charge in [0.05, 0.1) is 4.90 Å². The van der Waals surface area contributed by atoms with Crippen molar-refractivity contribution in [3.63, 3.8) is 0 Å². The quantitative estimate of drug-likeness (QED) is 0.655. The van der Waals surface area contributed by atoms with Gasteiger partial charge in [-0.3, -0.25) is 9.59 Å². The van der Waals surface area contributed by atoms with Gasteiger partial charge >= 0.3 is 0 Å². The summed E-state index contributed by atoms with van der Waals surface area (Å²) in [6.07, 6.45) is 0. The second kappa shape index (κ2) is 10.2. The Kier molecular flexibility index (Phi) is 7.92. The Labute approximate surface area is 172 Å². The molecule has 0 radical (unpaired) electrons. The molecule has 0 atom stereocenters. The van der Waals surface area contributed by atoms with Crippen molar-refractivity contribution in [3.8, 4) is 0 Å². The largest absolute Gasteiger partial charge is 0.352 e. The van der Waals surface area contributed by atoms with E-state index in [1.807, 2.05) is 20.8 Å². The second-order valence-electron chi connectivity index (χ2n) is 6.38. The summed E-state index contributed by atoms with van der Waals surface area (Å²) in [5.41, 5.74) is 1.70. The molecule has 0 saturated heterocycles. The number of benzene rings is 2. The van der Waals surface area contributed by atoms with E-state index < -0.39 is 10.0 Å². The molecule has 0 aromatic heterocycles. The number of carbonyl (C=O) groups excluding carboxylic acids is 2. The van der Waals surface area contributed by atoms with Crippen LogP contribution in [0.3, 0.4) is 0 Å². The number of nitrogens with one attached hydrogen (secondary N) is 2. The lowest BCUT2D eigenvalue weighted by atomic mass is 10.1. The van der Waals surface area contributed by atoms with E-state index in [0.29, 0.717) is 30.8 Å². The predicted molar refractivity (Wildman–Crippen MR) is 112 cm³/mol. The summed E-state index contributed by atoms with van der Waals surface area (Å²) in [6, 6.07) is 12.6. The highest BCUT2D eigenvalue weighted by Crippen LogP contribution is 2.13. The number of hydrogen-bond donors (Lipinski definition) is 2. The number of carbonyl (C=O) groups is 2. The van der Waals surface area contributed by atoms with Crippen LogP contribution in [0.2, 0.25) is 0 Å². The van der Waals surface area contributed by atoms with Crippen LogP contribution in [0.25, 0.3) is 0 Å². The standard InChI is InChI=1S/C21H27N3O4S/c1-4-22-20(25)17-9-7-16(8-10-17)15-23-29(27,28)19-13-11-18(12-14-19)21(26)24(5-2)6-3/h7-14,23H,4-6,15H2,1-3H3,(H,22,25). The first-order chi connectivity index (χ1) is 13.8. The van der Waals surface area contributed by atoms with Gasteiger partial charge in [0.25, 0.3) is 11.8 Å². The molecular formula is C21H27N3O4S. The molecule has 2 aromatic carbocycles. The Morgan fingerprint density at radius 1 is 0.862 bits per heavy atom. The summed E-state index contributed by atoms with van der Waals surface area (Å²) >= 11 is 0. The van der Waals surface area contributed by atoms with Crippen LogP contribution < -0.4 is 10.0 Å². The number of hydrogen-bond acceptors (Lipinski definition) is 4. The molecule has 0 unspecified atom stereocenters. The summed E-state index contributed by atoms with van der Waals surface area (Å²) in [4.78, 5) is 25.9. The highest BCUT2D eigenvalue weighted by atomic mass is 32.2. The van der Waals surface area contributed by atoms with Crippen molar-refractivity contribution in [1.29, 1.82) is 0 Å². The molecule has 0 heterocycles. The van der Waals surface area contributed by atoms with Crippen LogP contribution in [0.5, 0.6) is 0 Å². The molecule has 8 heteroatoms. The van der Waals surface area contributed by atoms with E-state index in [9.17, 15) is 18.0 Å². The van der Waals surface area contributed by atoms with Crippen molar-refractivity contribution in [1.82, 2.24) is 14.9 Å². The molecule has 0 spiro atoms. The first-order valence-corrected chi connectivity index (χ1v) is 11.1. The van der Waals surface area contributed by atoms with E-state index in [0.717, 1.165) is 5.56 Å². The van der Waals surface area contributed by atoms with E-state index in [1.165, 1.54) is 24.3 Å². The Morgan fingerprint density at radius 3 is 1.93 bits per heavy atom. The predicted octanol–water partition coefficient (Wildman–Crippen LogP) is 2.40. The van der Waals surface area contributed by atoms with Crippen molar-refractivity contribution in [2.24, 2.45) is 0 Å². The van der Waals surface area contributed by atoms with Gasteiger partial charge in [-0.15, -0.1) is 0 Å². The Balaban J connectivity index is 2.04. The highest BCUT2D eigenvalue weighted by molar-refractivity contribution is 7.89. The fourth-order valence-electron chi connectivity index (χ4n) is 2.77. The zero-order valence-electron chi connectivity index (χ0n) is 16.9. The summed E-state index contributed by atoms with van der Waals surface area (Å²) in [5, 5.41) is 2.71. The molecule has 0 aliphatic carbocycles. The SMILES string of the molecule is CCNC(=O)c1ccc(CNS(=O)(=O)c2ccc(C(=O)N(CC)CC)cc2)cc1. The minimum Gasteiger partial charge on any atom is -0.352 e. The Morgan fingerprint density at radius 2 is 1.41 bits per heavy atom. The molecule has 0 aliphatic rings. The van der Waals surface area contributed by atoms with Gasteiger partial charge in [0.2, 0.25) is 10.0 Å². The van der Waals surface area contributed by atoms with Gasteiger partial charge in [-0.1, -0.05) is 12.1 Å². The molecule has 0 bridgehead atoms. The number of amides is 2. The van der Waals surface area contributed by atoms with Crippen molar-refractivity contribution in [2.75, 3.05) is 19.6 Å². The van der Waals surface area contributed by atoms with Crippen molar-refractivity contribution >= 4 is 21.8 Å². The molecule has 2 rings (SSSR count). The molecule has 2 amide bonds. The van der Waals surface area contributed by atoms with Gasteiger partial charge in [0.1, 0.15) is 0 Å². The molecule has 0 fully saturated rings. The number of rotatable bonds is 9. The van der Waals surface area contributed by atoms with Gasteiger partial charge in [0, 0.05) is 37.3 Å². The van der Waals surface area contributed by atoms with E-state index in [2.05, 4.69) is 10.0 Å². The van der Waals surface area contributed by atoms with Crippen molar-refractivity contribution < 1.29 is 18.0 Å². The third kappa shape index (κ3) is 5.88. The molecule has 156 valence electrons. The molecule has 2 aromatic rings. The maximum atomic E-state index is 12.5. The monoisotopic (exact) mass is 417 g/mol. The normalized spacial score (nSPS) is 11.1. The zero-order valence-corrected chi connectivity index (χ0v) is 17.8. The summed E-state index contributed by atoms with van der Waals surface area (Å²) in [6.45, 7) is 7.45. The minimum atomic E-state index is -3.72. The van der Waals surface area contributed by atoms with Gasteiger partial charge < -0.3 is 10.2 Å². The topological polar surface area (TPSA) is 95.6 Å². The molecule has 7 nitrogen and oxygen atoms in total. The Hall–Kier alpha value is -2.71. The van der Waals surface area contributed by atoms with E-state index in [4.69, 9.17) is 0 Å². The molecule has 0 saturated carbocycles. The van der Waals surface area contributed by atoms with Crippen molar-refractivity contribution in [3.05, 3.63) is 65.2 Å². The lowest BCUT2D eigenvalue weighted by Crippen LogP contribution is -2.30. The van der Waals surface area contributed by atoms with Gasteiger partial charge in [-0.05, 0) is 62.7 Å². The molecular weight excluding hydrogens is 390 g/mol. The average molecular weight is 418 g/mol. The third-order valence-electron chi connectivity index (χ3n) is 4.48. The molecule has 2 N–H and O–H groups in total. The first-order valence-electron chi connectivity index (χ1n) is 9.58. The maximum absolute atomic E-state index is 12.5. The Bertz CT molecular complexity index is 935. The summed E-state index contributed by atoms with van der Waals surface area (Å²) in [7, 11) is -3.72. The third-order valence-corrected chi connectivity index (χ3v) is 5.90. The average Bonchev–Trinajstić information content (AvgIpc) is 2.74. The van der Waals surface area contributed by atoms with Crippen molar-refractivity contribution in [2.45, 2.75) is 32.2 Å². The second-order valence-corrected chi connectivity index (χ2v) is 8.15. The lowest BCUT2D eigenvalue weighted by molar-refractivity contribution is 0.0772. The molecule has 29 heavy (non-hydrogen) atoms. The lowest BCUT2D eigenvalue weighted by Gasteiger charge is -2.18. The first kappa shape index (κ1) is 22.6. The van der Waals surface area contributed by atoms with Crippen LogP contribution in [-0.2, 0) is 16.6 Å². The minimum absolute atomic E-state index is 0.0903. The fourth-order valence-corrected chi connectivity index (χ4v) is 3.79. The number of sulfonamides is 1. The smallest absolute Gasteiger partial charge is 0.253 e. The maximum Gasteiger partial charge on any atom is 0.253 e. The highest BCUT2D eigenvalue weighted by Gasteiger charge is 2.17. The van der Waals surface area contributed by atoms with Gasteiger partial charge in [-0.25, -0.2) is 13.1 Å². The van der Waals surface area contributed by atoms with Crippen LogP contribution in [-0.4, -0.2) is 44.8 Å². The molecule has 0 aliphatic heterocycles. The van der Waals surface area contributed by atoms with E-state index >= 15 is 0 Å². The fraction of sp³-hybridized carbons (Fsp3) is 0.333. The van der Waals surface area contributed by atoms with E-state index in [1.54, 1.807) is 29.2 Å². The van der Waals surface area contributed by atoms with Gasteiger partial charge in [0.15, 0.2) is 0 Å². The zero-order chi connectivity index (χ0) is 21.4. The van der Waals surface area contributed by atoms with Crippen LogP contribution >= 0.6 is 0 Å². The van der Waals surface area contributed by atoms with Crippen LogP contribution in [0, 0.1) is 0 Å². The van der Waals surface area contributed by atoms with Gasteiger partial charge in [-0.2, -0.15) is 0 Å². The van der Waals surface area contributed by atoms with Crippen LogP contribution in [0.15, 0.2) is 53.4 Å². The number of nitrogens with zero attached hydrogens (tertiary/aromatic N) is 1. The van der Waals surface area contributed by atoms with Crippen LogP contribution in [0.4, 0.5) is 0 Å².